The van der Waals surface area contributed by atoms with Gasteiger partial charge in [-0.05, 0) is 31.9 Å². The van der Waals surface area contributed by atoms with E-state index in [0.717, 1.165) is 31.0 Å². The zero-order chi connectivity index (χ0) is 14.7. The lowest BCUT2D eigenvalue weighted by molar-refractivity contribution is -0.136. The minimum absolute atomic E-state index is 0.127. The van der Waals surface area contributed by atoms with E-state index in [1.807, 2.05) is 0 Å². The molecule has 1 amide bonds. The maximum Gasteiger partial charge on any atom is 0.339 e. The number of benzene rings is 1. The zero-order valence-corrected chi connectivity index (χ0v) is 11.1. The van der Waals surface area contributed by atoms with E-state index in [9.17, 15) is 14.0 Å². The number of halogens is 1. The maximum atomic E-state index is 13.2. The van der Waals surface area contributed by atoms with Crippen LogP contribution in [0, 0.1) is 5.82 Å². The van der Waals surface area contributed by atoms with Crippen molar-refractivity contribution < 1.29 is 23.8 Å². The van der Waals surface area contributed by atoms with E-state index in [0.29, 0.717) is 13.1 Å². The quantitative estimate of drug-likeness (QED) is 0.915. The summed E-state index contributed by atoms with van der Waals surface area (Å²) in [4.78, 5) is 24.8. The lowest BCUT2D eigenvalue weighted by atomic mass is 10.2. The van der Waals surface area contributed by atoms with E-state index in [2.05, 4.69) is 0 Å². The second kappa shape index (κ2) is 5.90. The molecule has 1 unspecified atom stereocenters. The molecule has 1 atom stereocenters. The van der Waals surface area contributed by atoms with Crippen LogP contribution in [0.1, 0.15) is 30.1 Å². The minimum atomic E-state index is -1.22. The first-order chi connectivity index (χ1) is 9.49. The van der Waals surface area contributed by atoms with Gasteiger partial charge in [-0.3, -0.25) is 4.79 Å². The molecule has 0 aliphatic carbocycles. The molecule has 1 aromatic rings. The van der Waals surface area contributed by atoms with Crippen LogP contribution in [0.3, 0.4) is 0 Å². The number of carboxylic acids is 1. The number of carbonyl (C=O) groups is 2. The van der Waals surface area contributed by atoms with Crippen LogP contribution in [0.15, 0.2) is 18.2 Å². The van der Waals surface area contributed by atoms with Crippen molar-refractivity contribution in [2.24, 2.45) is 0 Å². The number of ether oxygens (including phenoxy) is 1. The fraction of sp³-hybridized carbons (Fsp3) is 0.429. The van der Waals surface area contributed by atoms with Crippen LogP contribution in [-0.2, 0) is 4.79 Å². The van der Waals surface area contributed by atoms with Crippen molar-refractivity contribution in [1.29, 1.82) is 0 Å². The molecule has 1 saturated heterocycles. The fourth-order valence-corrected chi connectivity index (χ4v) is 2.21. The normalized spacial score (nSPS) is 16.0. The van der Waals surface area contributed by atoms with E-state index in [1.54, 1.807) is 4.90 Å². The standard InChI is InChI=1S/C14H16FNO4/c1-9(13(17)16-6-2-3-7-16)20-12-8-10(15)4-5-11(12)14(18)19/h4-5,8-9H,2-3,6-7H2,1H3,(H,18,19). The molecule has 0 saturated carbocycles. The van der Waals surface area contributed by atoms with Crippen LogP contribution in [0.5, 0.6) is 5.75 Å². The Morgan fingerprint density at radius 3 is 2.60 bits per heavy atom. The first kappa shape index (κ1) is 14.3. The third-order valence-corrected chi connectivity index (χ3v) is 3.24. The van der Waals surface area contributed by atoms with Crippen molar-refractivity contribution in [3.05, 3.63) is 29.6 Å². The Hall–Kier alpha value is -2.11. The van der Waals surface area contributed by atoms with Crippen molar-refractivity contribution in [2.75, 3.05) is 13.1 Å². The van der Waals surface area contributed by atoms with E-state index < -0.39 is 17.9 Å². The average Bonchev–Trinajstić information content (AvgIpc) is 2.91. The summed E-state index contributed by atoms with van der Waals surface area (Å²) in [7, 11) is 0. The molecule has 6 heteroatoms. The summed E-state index contributed by atoms with van der Waals surface area (Å²) >= 11 is 0. The van der Waals surface area contributed by atoms with E-state index in [4.69, 9.17) is 9.84 Å². The Bertz CT molecular complexity index is 526. The second-order valence-electron chi connectivity index (χ2n) is 4.74. The highest BCUT2D eigenvalue weighted by Crippen LogP contribution is 2.22. The largest absolute Gasteiger partial charge is 0.480 e. The molecule has 20 heavy (non-hydrogen) atoms. The summed E-state index contributed by atoms with van der Waals surface area (Å²) in [6, 6.07) is 3.15. The van der Waals surface area contributed by atoms with Gasteiger partial charge in [-0.2, -0.15) is 0 Å². The number of carbonyl (C=O) groups excluding carboxylic acids is 1. The summed E-state index contributed by atoms with van der Waals surface area (Å²) < 4.78 is 18.5. The van der Waals surface area contributed by atoms with Gasteiger partial charge in [0.1, 0.15) is 17.1 Å². The summed E-state index contributed by atoms with van der Waals surface area (Å²) in [5.74, 6) is -2.16. The van der Waals surface area contributed by atoms with Crippen molar-refractivity contribution >= 4 is 11.9 Å². The fourth-order valence-electron chi connectivity index (χ4n) is 2.21. The lowest BCUT2D eigenvalue weighted by Gasteiger charge is -2.21. The number of rotatable bonds is 4. The van der Waals surface area contributed by atoms with E-state index in [1.165, 1.54) is 6.92 Å². The summed E-state index contributed by atoms with van der Waals surface area (Å²) in [6.07, 6.45) is 1.07. The van der Waals surface area contributed by atoms with Crippen LogP contribution in [-0.4, -0.2) is 41.1 Å². The Morgan fingerprint density at radius 2 is 2.00 bits per heavy atom. The van der Waals surface area contributed by atoms with Crippen molar-refractivity contribution in [1.82, 2.24) is 4.90 Å². The van der Waals surface area contributed by atoms with E-state index in [-0.39, 0.29) is 17.2 Å². The molecule has 1 aliphatic rings. The smallest absolute Gasteiger partial charge is 0.339 e. The molecule has 5 nitrogen and oxygen atoms in total. The van der Waals surface area contributed by atoms with Crippen LogP contribution in [0.4, 0.5) is 4.39 Å². The van der Waals surface area contributed by atoms with E-state index >= 15 is 0 Å². The molecule has 0 radical (unpaired) electrons. The van der Waals surface area contributed by atoms with Gasteiger partial charge in [0.05, 0.1) is 0 Å². The Balaban J connectivity index is 2.14. The monoisotopic (exact) mass is 281 g/mol. The van der Waals surface area contributed by atoms with Gasteiger partial charge in [0.15, 0.2) is 6.10 Å². The molecular formula is C14H16FNO4. The number of hydrogen-bond donors (Lipinski definition) is 1. The Morgan fingerprint density at radius 1 is 1.35 bits per heavy atom. The van der Waals surface area contributed by atoms with Gasteiger partial charge in [-0.15, -0.1) is 0 Å². The number of carboxylic acid groups (broad SMARTS) is 1. The molecule has 1 heterocycles. The highest BCUT2D eigenvalue weighted by molar-refractivity contribution is 5.91. The molecule has 1 aliphatic heterocycles. The predicted octanol–water partition coefficient (Wildman–Crippen LogP) is 1.91. The second-order valence-corrected chi connectivity index (χ2v) is 4.74. The van der Waals surface area contributed by atoms with Gasteiger partial charge in [0.25, 0.3) is 5.91 Å². The summed E-state index contributed by atoms with van der Waals surface area (Å²) in [6.45, 7) is 2.90. The van der Waals surface area contributed by atoms with Gasteiger partial charge in [-0.1, -0.05) is 0 Å². The highest BCUT2D eigenvalue weighted by Gasteiger charge is 2.26. The zero-order valence-electron chi connectivity index (χ0n) is 11.1. The molecule has 1 N–H and O–H groups in total. The maximum absolute atomic E-state index is 13.2. The molecular weight excluding hydrogens is 265 g/mol. The van der Waals surface area contributed by atoms with Gasteiger partial charge in [0, 0.05) is 19.2 Å². The van der Waals surface area contributed by atoms with Crippen LogP contribution in [0.25, 0.3) is 0 Å². The SMILES string of the molecule is CC(Oc1cc(F)ccc1C(=O)O)C(=O)N1CCCC1. The topological polar surface area (TPSA) is 66.8 Å². The number of likely N-dealkylation sites (tertiary alicyclic amines) is 1. The number of amides is 1. The lowest BCUT2D eigenvalue weighted by Crippen LogP contribution is -2.38. The van der Waals surface area contributed by atoms with Crippen molar-refractivity contribution in [3.63, 3.8) is 0 Å². The number of hydrogen-bond acceptors (Lipinski definition) is 3. The molecule has 1 fully saturated rings. The Kier molecular flexibility index (Phi) is 4.22. The van der Waals surface area contributed by atoms with Gasteiger partial charge in [0.2, 0.25) is 0 Å². The molecule has 2 rings (SSSR count). The summed E-state index contributed by atoms with van der Waals surface area (Å²) in [5, 5.41) is 9.02. The first-order valence-corrected chi connectivity index (χ1v) is 6.47. The average molecular weight is 281 g/mol. The first-order valence-electron chi connectivity index (χ1n) is 6.47. The molecule has 0 spiro atoms. The molecule has 1 aromatic carbocycles. The highest BCUT2D eigenvalue weighted by atomic mass is 19.1. The van der Waals surface area contributed by atoms with Crippen molar-refractivity contribution in [2.45, 2.75) is 25.9 Å². The van der Waals surface area contributed by atoms with Crippen LogP contribution >= 0.6 is 0 Å². The van der Waals surface area contributed by atoms with Crippen LogP contribution in [0.2, 0.25) is 0 Å². The summed E-state index contributed by atoms with van der Waals surface area (Å²) in [5.41, 5.74) is -0.160. The van der Waals surface area contributed by atoms with Gasteiger partial charge < -0.3 is 14.7 Å². The third-order valence-electron chi connectivity index (χ3n) is 3.24. The van der Waals surface area contributed by atoms with Crippen molar-refractivity contribution in [3.8, 4) is 5.75 Å². The number of nitrogens with zero attached hydrogens (tertiary/aromatic N) is 1. The third kappa shape index (κ3) is 3.07. The molecule has 108 valence electrons. The molecule has 0 bridgehead atoms. The Labute approximate surface area is 116 Å². The van der Waals surface area contributed by atoms with Gasteiger partial charge >= 0.3 is 5.97 Å². The molecule has 0 aromatic heterocycles. The minimum Gasteiger partial charge on any atom is -0.480 e. The van der Waals surface area contributed by atoms with Gasteiger partial charge in [-0.25, -0.2) is 9.18 Å². The van der Waals surface area contributed by atoms with Crippen LogP contribution < -0.4 is 4.74 Å². The number of aromatic carboxylic acids is 1. The predicted molar refractivity (Wildman–Crippen MR) is 69.3 cm³/mol.